The zero-order valence-corrected chi connectivity index (χ0v) is 10.8. The Hall–Kier alpha value is -0.350. The van der Waals surface area contributed by atoms with E-state index in [1.807, 2.05) is 29.6 Å². The van der Waals surface area contributed by atoms with Crippen LogP contribution in [0, 0.1) is 0 Å². The second-order valence-electron chi connectivity index (χ2n) is 3.09. The Morgan fingerprint density at radius 3 is 2.73 bits per heavy atom. The van der Waals surface area contributed by atoms with Crippen LogP contribution in [0.3, 0.4) is 0 Å². The summed E-state index contributed by atoms with van der Waals surface area (Å²) in [6.45, 7) is 0. The van der Waals surface area contributed by atoms with Gasteiger partial charge in [-0.05, 0) is 45.1 Å². The van der Waals surface area contributed by atoms with Crippen LogP contribution in [0.1, 0.15) is 16.5 Å². The van der Waals surface area contributed by atoms with Gasteiger partial charge in [0.15, 0.2) is 0 Å². The molecule has 0 aliphatic rings. The third-order valence-corrected chi connectivity index (χ3v) is 4.23. The molecule has 0 bridgehead atoms. The molecule has 1 atom stereocenters. The predicted octanol–water partition coefficient (Wildman–Crippen LogP) is 4.25. The van der Waals surface area contributed by atoms with Gasteiger partial charge in [-0.2, -0.15) is 0 Å². The van der Waals surface area contributed by atoms with E-state index in [0.717, 1.165) is 14.9 Å². The Kier molecular flexibility index (Phi) is 3.46. The standard InChI is InChI=1S/C11H8BrClOS/c12-8-4-3-7(6-9(8)13)11(14)10-2-1-5-15-10/h1-6,11,14H. The third-order valence-electron chi connectivity index (χ3n) is 2.07. The lowest BCUT2D eigenvalue weighted by Crippen LogP contribution is -1.96. The van der Waals surface area contributed by atoms with Crippen LogP contribution in [0.15, 0.2) is 40.2 Å². The molecule has 1 N–H and O–H groups in total. The smallest absolute Gasteiger partial charge is 0.113 e. The predicted molar refractivity (Wildman–Crippen MR) is 67.5 cm³/mol. The van der Waals surface area contributed by atoms with Crippen molar-refractivity contribution in [1.82, 2.24) is 0 Å². The average molecular weight is 304 g/mol. The van der Waals surface area contributed by atoms with Crippen LogP contribution < -0.4 is 0 Å². The van der Waals surface area contributed by atoms with Crippen molar-refractivity contribution >= 4 is 38.9 Å². The van der Waals surface area contributed by atoms with Gasteiger partial charge in [0.1, 0.15) is 6.10 Å². The average Bonchev–Trinajstić information content (AvgIpc) is 2.74. The number of aliphatic hydroxyl groups is 1. The fourth-order valence-corrected chi connectivity index (χ4v) is 2.47. The van der Waals surface area contributed by atoms with E-state index in [4.69, 9.17) is 11.6 Å². The van der Waals surface area contributed by atoms with E-state index >= 15 is 0 Å². The van der Waals surface area contributed by atoms with E-state index in [-0.39, 0.29) is 0 Å². The van der Waals surface area contributed by atoms with Crippen LogP contribution in [0.4, 0.5) is 0 Å². The second kappa shape index (κ2) is 4.66. The zero-order valence-electron chi connectivity index (χ0n) is 7.65. The molecule has 0 spiro atoms. The maximum absolute atomic E-state index is 10.0. The van der Waals surface area contributed by atoms with Gasteiger partial charge in [-0.25, -0.2) is 0 Å². The number of halogens is 2. The summed E-state index contributed by atoms with van der Waals surface area (Å²) >= 11 is 10.8. The Morgan fingerprint density at radius 2 is 2.13 bits per heavy atom. The first kappa shape index (κ1) is 11.1. The maximum atomic E-state index is 10.0. The SMILES string of the molecule is OC(c1ccc(Br)c(Cl)c1)c1cccs1. The molecule has 15 heavy (non-hydrogen) atoms. The Morgan fingerprint density at radius 1 is 1.33 bits per heavy atom. The van der Waals surface area contributed by atoms with E-state index in [1.54, 1.807) is 6.07 Å². The number of thiophene rings is 1. The summed E-state index contributed by atoms with van der Waals surface area (Å²) in [6.07, 6.45) is -0.587. The summed E-state index contributed by atoms with van der Waals surface area (Å²) in [5.74, 6) is 0. The summed E-state index contributed by atoms with van der Waals surface area (Å²) in [4.78, 5) is 0.924. The Bertz CT molecular complexity index is 456. The third kappa shape index (κ3) is 2.42. The molecule has 2 aromatic rings. The van der Waals surface area contributed by atoms with E-state index < -0.39 is 6.10 Å². The summed E-state index contributed by atoms with van der Waals surface area (Å²) in [7, 11) is 0. The van der Waals surface area contributed by atoms with Crippen LogP contribution in [0.5, 0.6) is 0 Å². The van der Waals surface area contributed by atoms with Crippen LogP contribution in [0.2, 0.25) is 5.02 Å². The van der Waals surface area contributed by atoms with Crippen molar-refractivity contribution in [3.8, 4) is 0 Å². The molecule has 2 rings (SSSR count). The van der Waals surface area contributed by atoms with Crippen molar-refractivity contribution in [2.24, 2.45) is 0 Å². The molecule has 0 radical (unpaired) electrons. The van der Waals surface area contributed by atoms with Crippen molar-refractivity contribution in [1.29, 1.82) is 0 Å². The lowest BCUT2D eigenvalue weighted by Gasteiger charge is -2.09. The normalized spacial score (nSPS) is 12.7. The highest BCUT2D eigenvalue weighted by Crippen LogP contribution is 2.30. The fraction of sp³-hybridized carbons (Fsp3) is 0.0909. The summed E-state index contributed by atoms with van der Waals surface area (Å²) in [6, 6.07) is 9.31. The van der Waals surface area contributed by atoms with E-state index in [0.29, 0.717) is 5.02 Å². The van der Waals surface area contributed by atoms with Gasteiger partial charge in [-0.3, -0.25) is 0 Å². The number of hydrogen-bond donors (Lipinski definition) is 1. The quantitative estimate of drug-likeness (QED) is 0.879. The minimum atomic E-state index is -0.587. The topological polar surface area (TPSA) is 20.2 Å². The van der Waals surface area contributed by atoms with Gasteiger partial charge >= 0.3 is 0 Å². The molecule has 1 aromatic carbocycles. The van der Waals surface area contributed by atoms with E-state index in [9.17, 15) is 5.11 Å². The minimum Gasteiger partial charge on any atom is -0.383 e. The number of rotatable bonds is 2. The highest BCUT2D eigenvalue weighted by molar-refractivity contribution is 9.10. The van der Waals surface area contributed by atoms with Gasteiger partial charge in [0.25, 0.3) is 0 Å². The molecule has 0 saturated carbocycles. The highest BCUT2D eigenvalue weighted by Gasteiger charge is 2.12. The van der Waals surface area contributed by atoms with Gasteiger partial charge in [-0.1, -0.05) is 23.7 Å². The first-order chi connectivity index (χ1) is 7.18. The molecule has 4 heteroatoms. The molecule has 0 saturated heterocycles. The highest BCUT2D eigenvalue weighted by atomic mass is 79.9. The molecule has 1 aromatic heterocycles. The molecule has 1 heterocycles. The van der Waals surface area contributed by atoms with Crippen LogP contribution in [0.25, 0.3) is 0 Å². The summed E-state index contributed by atoms with van der Waals surface area (Å²) < 4.78 is 0.839. The lowest BCUT2D eigenvalue weighted by atomic mass is 10.1. The van der Waals surface area contributed by atoms with Gasteiger partial charge < -0.3 is 5.11 Å². The van der Waals surface area contributed by atoms with E-state index in [2.05, 4.69) is 15.9 Å². The lowest BCUT2D eigenvalue weighted by molar-refractivity contribution is 0.224. The molecular formula is C11H8BrClOS. The molecule has 0 aliphatic carbocycles. The summed E-state index contributed by atoms with van der Waals surface area (Å²) in [5, 5.41) is 12.6. The van der Waals surface area contributed by atoms with Crippen molar-refractivity contribution in [3.05, 3.63) is 55.6 Å². The molecule has 1 unspecified atom stereocenters. The second-order valence-corrected chi connectivity index (χ2v) is 5.33. The first-order valence-electron chi connectivity index (χ1n) is 4.35. The zero-order chi connectivity index (χ0) is 10.8. The first-order valence-corrected chi connectivity index (χ1v) is 6.40. The van der Waals surface area contributed by atoms with Crippen molar-refractivity contribution in [2.45, 2.75) is 6.10 Å². The van der Waals surface area contributed by atoms with Crippen molar-refractivity contribution in [3.63, 3.8) is 0 Å². The molecule has 0 aliphatic heterocycles. The largest absolute Gasteiger partial charge is 0.383 e. The Labute approximate surface area is 105 Å². The Balaban J connectivity index is 2.34. The minimum absolute atomic E-state index is 0.587. The van der Waals surface area contributed by atoms with Gasteiger partial charge in [-0.15, -0.1) is 11.3 Å². The van der Waals surface area contributed by atoms with Crippen LogP contribution in [-0.2, 0) is 0 Å². The molecule has 0 amide bonds. The molecule has 78 valence electrons. The van der Waals surface area contributed by atoms with Crippen LogP contribution >= 0.6 is 38.9 Å². The van der Waals surface area contributed by atoms with Gasteiger partial charge in [0, 0.05) is 9.35 Å². The van der Waals surface area contributed by atoms with Crippen molar-refractivity contribution in [2.75, 3.05) is 0 Å². The van der Waals surface area contributed by atoms with Crippen LogP contribution in [-0.4, -0.2) is 5.11 Å². The molecule has 1 nitrogen and oxygen atoms in total. The van der Waals surface area contributed by atoms with E-state index in [1.165, 1.54) is 11.3 Å². The number of hydrogen-bond acceptors (Lipinski definition) is 2. The van der Waals surface area contributed by atoms with Gasteiger partial charge in [0.2, 0.25) is 0 Å². The molecular weight excluding hydrogens is 296 g/mol. The monoisotopic (exact) mass is 302 g/mol. The van der Waals surface area contributed by atoms with Gasteiger partial charge in [0.05, 0.1) is 5.02 Å². The number of aliphatic hydroxyl groups excluding tert-OH is 1. The molecule has 0 fully saturated rings. The maximum Gasteiger partial charge on any atom is 0.113 e. The fourth-order valence-electron chi connectivity index (χ4n) is 1.29. The summed E-state index contributed by atoms with van der Waals surface area (Å²) in [5.41, 5.74) is 0.811. The van der Waals surface area contributed by atoms with Crippen molar-refractivity contribution < 1.29 is 5.11 Å². The number of benzene rings is 1.